The minimum absolute atomic E-state index is 0.463. The third kappa shape index (κ3) is 4.74. The van der Waals surface area contributed by atoms with E-state index in [2.05, 4.69) is 15.5 Å². The van der Waals surface area contributed by atoms with Crippen molar-refractivity contribution in [3.05, 3.63) is 82.3 Å². The maximum Gasteiger partial charge on any atom is 0.210 e. The molecule has 0 amide bonds. The van der Waals surface area contributed by atoms with Gasteiger partial charge in [-0.25, -0.2) is 0 Å². The van der Waals surface area contributed by atoms with Gasteiger partial charge in [0.05, 0.1) is 10.0 Å². The Bertz CT molecular complexity index is 1180. The highest BCUT2D eigenvalue weighted by atomic mass is 35.5. The quantitative estimate of drug-likeness (QED) is 0.331. The van der Waals surface area contributed by atoms with Crippen molar-refractivity contribution in [1.82, 2.24) is 10.2 Å². The van der Waals surface area contributed by atoms with Crippen LogP contribution in [0.1, 0.15) is 10.4 Å². The molecule has 0 bridgehead atoms. The summed E-state index contributed by atoms with van der Waals surface area (Å²) in [6, 6.07) is 19.8. The molecule has 144 valence electrons. The molecule has 0 saturated heterocycles. The van der Waals surface area contributed by atoms with Crippen molar-refractivity contribution in [3.8, 4) is 22.1 Å². The van der Waals surface area contributed by atoms with Crippen LogP contribution in [0.3, 0.4) is 0 Å². The number of halogens is 2. The molecule has 0 saturated carbocycles. The molecule has 0 aliphatic rings. The van der Waals surface area contributed by atoms with Crippen LogP contribution in [0.5, 0.6) is 11.5 Å². The molecule has 4 rings (SSSR count). The Morgan fingerprint density at radius 3 is 2.48 bits per heavy atom. The molecule has 0 unspecified atom stereocenters. The van der Waals surface area contributed by atoms with Crippen LogP contribution >= 0.6 is 34.5 Å². The SMILES string of the molecule is O=Cc1cccc(Oc2cccc(-c3nnc(Nc4ccc(Cl)c(Cl)c4)s3)c2)c1. The van der Waals surface area contributed by atoms with Gasteiger partial charge in [-0.05, 0) is 42.5 Å². The summed E-state index contributed by atoms with van der Waals surface area (Å²) in [5.74, 6) is 1.23. The van der Waals surface area contributed by atoms with Crippen LogP contribution in [0.4, 0.5) is 10.8 Å². The summed E-state index contributed by atoms with van der Waals surface area (Å²) in [7, 11) is 0. The zero-order chi connectivity index (χ0) is 20.2. The second-order valence-electron chi connectivity index (χ2n) is 5.99. The molecule has 0 atom stereocenters. The smallest absolute Gasteiger partial charge is 0.210 e. The van der Waals surface area contributed by atoms with Crippen molar-refractivity contribution < 1.29 is 9.53 Å². The van der Waals surface area contributed by atoms with Crippen molar-refractivity contribution in [2.24, 2.45) is 0 Å². The number of carbonyl (C=O) groups excluding carboxylic acids is 1. The van der Waals surface area contributed by atoms with E-state index in [0.717, 1.165) is 22.5 Å². The van der Waals surface area contributed by atoms with E-state index in [1.807, 2.05) is 30.3 Å². The van der Waals surface area contributed by atoms with Gasteiger partial charge in [0.15, 0.2) is 0 Å². The predicted octanol–water partition coefficient (Wildman–Crippen LogP) is 6.86. The van der Waals surface area contributed by atoms with Crippen LogP contribution < -0.4 is 10.1 Å². The second-order valence-corrected chi connectivity index (χ2v) is 7.78. The van der Waals surface area contributed by atoms with Crippen molar-refractivity contribution in [3.63, 3.8) is 0 Å². The number of ether oxygens (including phenoxy) is 1. The fraction of sp³-hybridized carbons (Fsp3) is 0. The standard InChI is InChI=1S/C21H13Cl2N3O2S/c22-18-8-7-15(11-19(18)23)24-21-26-25-20(29-21)14-4-2-6-17(10-14)28-16-5-1-3-13(9-16)12-27/h1-12H,(H,24,26). The average Bonchev–Trinajstić information content (AvgIpc) is 3.20. The molecule has 0 radical (unpaired) electrons. The van der Waals surface area contributed by atoms with Gasteiger partial charge in [0.25, 0.3) is 0 Å². The summed E-state index contributed by atoms with van der Waals surface area (Å²) in [6.45, 7) is 0. The summed E-state index contributed by atoms with van der Waals surface area (Å²) in [5.41, 5.74) is 2.20. The van der Waals surface area contributed by atoms with E-state index >= 15 is 0 Å². The zero-order valence-electron chi connectivity index (χ0n) is 14.8. The fourth-order valence-corrected chi connectivity index (χ4v) is 3.63. The average molecular weight is 442 g/mol. The van der Waals surface area contributed by atoms with Gasteiger partial charge in [0.2, 0.25) is 5.13 Å². The number of hydrogen-bond acceptors (Lipinski definition) is 6. The fourth-order valence-electron chi connectivity index (χ4n) is 2.57. The molecule has 4 aromatic rings. The molecule has 5 nitrogen and oxygen atoms in total. The normalized spacial score (nSPS) is 10.6. The van der Waals surface area contributed by atoms with Crippen molar-refractivity contribution in [1.29, 1.82) is 0 Å². The van der Waals surface area contributed by atoms with Crippen molar-refractivity contribution >= 4 is 51.6 Å². The summed E-state index contributed by atoms with van der Waals surface area (Å²) in [5, 5.41) is 13.9. The van der Waals surface area contributed by atoms with Gasteiger partial charge in [0, 0.05) is 16.8 Å². The summed E-state index contributed by atoms with van der Waals surface area (Å²) < 4.78 is 5.86. The largest absolute Gasteiger partial charge is 0.457 e. The first-order chi connectivity index (χ1) is 14.1. The summed E-state index contributed by atoms with van der Waals surface area (Å²) in [4.78, 5) is 10.9. The topological polar surface area (TPSA) is 64.1 Å². The molecular weight excluding hydrogens is 429 g/mol. The van der Waals surface area contributed by atoms with E-state index in [1.54, 1.807) is 36.4 Å². The monoisotopic (exact) mass is 441 g/mol. The Kier molecular flexibility index (Phi) is 5.76. The van der Waals surface area contributed by atoms with Crippen LogP contribution in [-0.4, -0.2) is 16.5 Å². The van der Waals surface area contributed by atoms with Gasteiger partial charge in [-0.3, -0.25) is 4.79 Å². The summed E-state index contributed by atoms with van der Waals surface area (Å²) in [6.07, 6.45) is 0.785. The lowest BCUT2D eigenvalue weighted by Crippen LogP contribution is -1.89. The molecule has 1 heterocycles. The first-order valence-electron chi connectivity index (χ1n) is 8.50. The molecule has 1 aromatic heterocycles. The first kappa shape index (κ1) is 19.4. The van der Waals surface area contributed by atoms with E-state index in [0.29, 0.717) is 32.2 Å². The van der Waals surface area contributed by atoms with Crippen molar-refractivity contribution in [2.75, 3.05) is 5.32 Å². The molecular formula is C21H13Cl2N3O2S. The Labute approximate surface area is 180 Å². The number of nitrogens with one attached hydrogen (secondary N) is 1. The van der Waals surface area contributed by atoms with Crippen LogP contribution in [0.2, 0.25) is 10.0 Å². The number of carbonyl (C=O) groups is 1. The number of nitrogens with zero attached hydrogens (tertiary/aromatic N) is 2. The van der Waals surface area contributed by atoms with Crippen LogP contribution in [-0.2, 0) is 0 Å². The molecule has 1 N–H and O–H groups in total. The highest BCUT2D eigenvalue weighted by Crippen LogP contribution is 2.33. The molecule has 29 heavy (non-hydrogen) atoms. The number of rotatable bonds is 6. The van der Waals surface area contributed by atoms with E-state index in [4.69, 9.17) is 27.9 Å². The molecule has 0 aliphatic carbocycles. The van der Waals surface area contributed by atoms with Crippen LogP contribution in [0.15, 0.2) is 66.7 Å². The Morgan fingerprint density at radius 1 is 0.897 bits per heavy atom. The molecule has 3 aromatic carbocycles. The van der Waals surface area contributed by atoms with Gasteiger partial charge in [-0.2, -0.15) is 0 Å². The second kappa shape index (κ2) is 8.61. The minimum atomic E-state index is 0.463. The van der Waals surface area contributed by atoms with Gasteiger partial charge in [0.1, 0.15) is 22.8 Å². The van der Waals surface area contributed by atoms with E-state index in [1.165, 1.54) is 11.3 Å². The molecule has 0 aliphatic heterocycles. The molecule has 0 fully saturated rings. The lowest BCUT2D eigenvalue weighted by Gasteiger charge is -2.07. The number of anilines is 2. The lowest BCUT2D eigenvalue weighted by atomic mass is 10.2. The van der Waals surface area contributed by atoms with Gasteiger partial charge >= 0.3 is 0 Å². The van der Waals surface area contributed by atoms with E-state index in [9.17, 15) is 4.79 Å². The zero-order valence-corrected chi connectivity index (χ0v) is 17.1. The number of aromatic nitrogens is 2. The maximum absolute atomic E-state index is 10.9. The van der Waals surface area contributed by atoms with Crippen LogP contribution in [0, 0.1) is 0 Å². The number of aldehydes is 1. The van der Waals surface area contributed by atoms with Crippen LogP contribution in [0.25, 0.3) is 10.6 Å². The van der Waals surface area contributed by atoms with E-state index < -0.39 is 0 Å². The Morgan fingerprint density at radius 2 is 1.69 bits per heavy atom. The summed E-state index contributed by atoms with van der Waals surface area (Å²) >= 11 is 13.4. The predicted molar refractivity (Wildman–Crippen MR) is 117 cm³/mol. The maximum atomic E-state index is 10.9. The van der Waals surface area contributed by atoms with Crippen molar-refractivity contribution in [2.45, 2.75) is 0 Å². The van der Waals surface area contributed by atoms with Gasteiger partial charge in [-0.1, -0.05) is 58.8 Å². The van der Waals surface area contributed by atoms with Gasteiger partial charge < -0.3 is 10.1 Å². The molecule has 0 spiro atoms. The highest BCUT2D eigenvalue weighted by molar-refractivity contribution is 7.18. The van der Waals surface area contributed by atoms with Gasteiger partial charge in [-0.15, -0.1) is 10.2 Å². The first-order valence-corrected chi connectivity index (χ1v) is 10.1. The third-order valence-electron chi connectivity index (χ3n) is 3.91. The minimum Gasteiger partial charge on any atom is -0.457 e. The lowest BCUT2D eigenvalue weighted by molar-refractivity contribution is 0.112. The molecule has 8 heteroatoms. The van der Waals surface area contributed by atoms with E-state index in [-0.39, 0.29) is 0 Å². The number of hydrogen-bond donors (Lipinski definition) is 1. The third-order valence-corrected chi connectivity index (χ3v) is 5.53. The number of benzene rings is 3. The highest BCUT2D eigenvalue weighted by Gasteiger charge is 2.09. The Balaban J connectivity index is 1.52. The Hall–Kier alpha value is -2.93.